The molecule has 1 aliphatic heterocycles. The Morgan fingerprint density at radius 3 is 2.63 bits per heavy atom. The van der Waals surface area contributed by atoms with E-state index in [-0.39, 0.29) is 11.8 Å². The van der Waals surface area contributed by atoms with Crippen LogP contribution >= 0.6 is 22.7 Å². The predicted octanol–water partition coefficient (Wildman–Crippen LogP) is 3.90. The number of hydrogen-bond acceptors (Lipinski definition) is 6. The molecule has 9 heteroatoms. The second kappa shape index (κ2) is 8.97. The minimum Gasteiger partial charge on any atom is -0.350 e. The number of sulfonamides is 1. The van der Waals surface area contributed by atoms with E-state index in [0.717, 1.165) is 21.1 Å². The summed E-state index contributed by atoms with van der Waals surface area (Å²) in [6, 6.07) is 11.0. The molecule has 0 radical (unpaired) electrons. The topological polar surface area (TPSA) is 79.4 Å². The molecule has 0 bridgehead atoms. The maximum absolute atomic E-state index is 12.9. The third kappa shape index (κ3) is 4.49. The van der Waals surface area contributed by atoms with Crippen LogP contribution in [-0.4, -0.2) is 36.7 Å². The number of benzene rings is 1. The maximum atomic E-state index is 12.9. The number of amides is 1. The summed E-state index contributed by atoms with van der Waals surface area (Å²) in [6.45, 7) is 2.90. The van der Waals surface area contributed by atoms with Gasteiger partial charge in [-0.3, -0.25) is 4.79 Å². The molecule has 0 saturated carbocycles. The first-order valence-corrected chi connectivity index (χ1v) is 13.0. The Morgan fingerprint density at radius 2 is 1.93 bits per heavy atom. The summed E-state index contributed by atoms with van der Waals surface area (Å²) in [5.41, 5.74) is 1.58. The number of nitrogens with zero attached hydrogens (tertiary/aromatic N) is 2. The Morgan fingerprint density at radius 1 is 1.17 bits per heavy atom. The fraction of sp³-hybridized carbons (Fsp3) is 0.333. The van der Waals surface area contributed by atoms with Crippen LogP contribution in [0.3, 0.4) is 0 Å². The summed E-state index contributed by atoms with van der Waals surface area (Å²) < 4.78 is 27.3. The molecule has 4 rings (SSSR count). The SMILES string of the molecule is Cc1ccccc1S(=O)(=O)N1CCC(C(=O)NCc2csc(-c3cccs3)n2)CC1. The summed E-state index contributed by atoms with van der Waals surface area (Å²) in [7, 11) is -3.52. The number of thiophene rings is 1. The highest BCUT2D eigenvalue weighted by Gasteiger charge is 2.32. The molecular weight excluding hydrogens is 438 g/mol. The van der Waals surface area contributed by atoms with Crippen LogP contribution in [0.1, 0.15) is 24.1 Å². The first-order valence-electron chi connectivity index (χ1n) is 9.77. The van der Waals surface area contributed by atoms with Crippen molar-refractivity contribution in [3.8, 4) is 9.88 Å². The van der Waals surface area contributed by atoms with Gasteiger partial charge in [0.05, 0.1) is 22.0 Å². The molecule has 3 aromatic rings. The summed E-state index contributed by atoms with van der Waals surface area (Å²) in [6.07, 6.45) is 1.04. The van der Waals surface area contributed by atoms with E-state index in [0.29, 0.717) is 37.4 Å². The lowest BCUT2D eigenvalue weighted by Gasteiger charge is -2.30. The zero-order valence-electron chi connectivity index (χ0n) is 16.6. The minimum absolute atomic E-state index is 0.0337. The van der Waals surface area contributed by atoms with Crippen molar-refractivity contribution in [1.29, 1.82) is 0 Å². The van der Waals surface area contributed by atoms with E-state index >= 15 is 0 Å². The first kappa shape index (κ1) is 21.2. The Balaban J connectivity index is 1.31. The first-order chi connectivity index (χ1) is 14.4. The minimum atomic E-state index is -3.52. The normalized spacial score (nSPS) is 15.9. The smallest absolute Gasteiger partial charge is 0.243 e. The largest absolute Gasteiger partial charge is 0.350 e. The molecule has 0 atom stereocenters. The summed E-state index contributed by atoms with van der Waals surface area (Å²) in [5, 5.41) is 7.91. The van der Waals surface area contributed by atoms with Crippen LogP contribution in [0.25, 0.3) is 9.88 Å². The fourth-order valence-electron chi connectivity index (χ4n) is 3.57. The van der Waals surface area contributed by atoms with Crippen LogP contribution in [-0.2, 0) is 21.4 Å². The van der Waals surface area contributed by atoms with Gasteiger partial charge in [-0.2, -0.15) is 4.31 Å². The van der Waals surface area contributed by atoms with Crippen molar-refractivity contribution in [2.24, 2.45) is 5.92 Å². The highest BCUT2D eigenvalue weighted by molar-refractivity contribution is 7.89. The molecule has 1 fully saturated rings. The van der Waals surface area contributed by atoms with E-state index in [4.69, 9.17) is 0 Å². The summed E-state index contributed by atoms with van der Waals surface area (Å²) >= 11 is 3.22. The Labute approximate surface area is 184 Å². The van der Waals surface area contributed by atoms with Gasteiger partial charge >= 0.3 is 0 Å². The molecule has 2 aromatic heterocycles. The van der Waals surface area contributed by atoms with Crippen molar-refractivity contribution in [1.82, 2.24) is 14.6 Å². The van der Waals surface area contributed by atoms with Crippen molar-refractivity contribution in [2.45, 2.75) is 31.2 Å². The Kier molecular flexibility index (Phi) is 6.33. The van der Waals surface area contributed by atoms with Crippen LogP contribution in [0.2, 0.25) is 0 Å². The highest BCUT2D eigenvalue weighted by Crippen LogP contribution is 2.28. The van der Waals surface area contributed by atoms with E-state index in [1.807, 2.05) is 29.0 Å². The van der Waals surface area contributed by atoms with Gasteiger partial charge in [-0.05, 0) is 42.8 Å². The molecule has 3 heterocycles. The van der Waals surface area contributed by atoms with Gasteiger partial charge in [0.2, 0.25) is 15.9 Å². The van der Waals surface area contributed by atoms with E-state index in [2.05, 4.69) is 10.3 Å². The number of aryl methyl sites for hydroxylation is 1. The van der Waals surface area contributed by atoms with Gasteiger partial charge in [-0.15, -0.1) is 22.7 Å². The molecule has 1 saturated heterocycles. The highest BCUT2D eigenvalue weighted by atomic mass is 32.2. The molecule has 1 amide bonds. The average Bonchev–Trinajstić information content (AvgIpc) is 3.44. The van der Waals surface area contributed by atoms with Crippen LogP contribution in [0.15, 0.2) is 52.1 Å². The average molecular weight is 462 g/mol. The molecule has 158 valence electrons. The lowest BCUT2D eigenvalue weighted by molar-refractivity contribution is -0.126. The third-order valence-electron chi connectivity index (χ3n) is 5.26. The molecule has 0 aliphatic carbocycles. The number of nitrogens with one attached hydrogen (secondary N) is 1. The number of rotatable bonds is 6. The second-order valence-electron chi connectivity index (χ2n) is 7.28. The number of aromatic nitrogens is 1. The summed E-state index contributed by atoms with van der Waals surface area (Å²) in [4.78, 5) is 18.6. The molecule has 6 nitrogen and oxygen atoms in total. The van der Waals surface area contributed by atoms with E-state index in [1.165, 1.54) is 4.31 Å². The zero-order chi connectivity index (χ0) is 21.1. The number of piperidine rings is 1. The lowest BCUT2D eigenvalue weighted by atomic mass is 9.97. The van der Waals surface area contributed by atoms with Gasteiger partial charge in [0, 0.05) is 24.4 Å². The third-order valence-corrected chi connectivity index (χ3v) is 9.25. The van der Waals surface area contributed by atoms with Crippen LogP contribution in [0, 0.1) is 12.8 Å². The van der Waals surface area contributed by atoms with Crippen molar-refractivity contribution in [3.63, 3.8) is 0 Å². The van der Waals surface area contributed by atoms with Crippen molar-refractivity contribution in [2.75, 3.05) is 13.1 Å². The van der Waals surface area contributed by atoms with Crippen molar-refractivity contribution >= 4 is 38.6 Å². The molecular formula is C21H23N3O3S3. The van der Waals surface area contributed by atoms with Gasteiger partial charge in [0.1, 0.15) is 5.01 Å². The molecule has 1 aliphatic rings. The van der Waals surface area contributed by atoms with Gasteiger partial charge in [-0.1, -0.05) is 24.3 Å². The molecule has 1 aromatic carbocycles. The fourth-order valence-corrected chi connectivity index (χ4v) is 6.90. The number of carbonyl (C=O) groups is 1. The van der Waals surface area contributed by atoms with Gasteiger partial charge < -0.3 is 5.32 Å². The Hall–Kier alpha value is -2.07. The lowest BCUT2D eigenvalue weighted by Crippen LogP contribution is -2.43. The van der Waals surface area contributed by atoms with Gasteiger partial charge in [0.25, 0.3) is 0 Å². The number of thiazole rings is 1. The van der Waals surface area contributed by atoms with Crippen molar-refractivity contribution in [3.05, 3.63) is 58.4 Å². The maximum Gasteiger partial charge on any atom is 0.243 e. The van der Waals surface area contributed by atoms with Crippen LogP contribution in [0.5, 0.6) is 0 Å². The number of hydrogen-bond donors (Lipinski definition) is 1. The Bertz CT molecular complexity index is 1120. The monoisotopic (exact) mass is 461 g/mol. The second-order valence-corrected chi connectivity index (χ2v) is 11.0. The number of carbonyl (C=O) groups excluding carboxylic acids is 1. The summed E-state index contributed by atoms with van der Waals surface area (Å²) in [5.74, 6) is -0.211. The van der Waals surface area contributed by atoms with E-state index < -0.39 is 10.0 Å². The standard InChI is InChI=1S/C21H23N3O3S3/c1-15-5-2-3-7-19(15)30(26,27)24-10-8-16(9-11-24)20(25)22-13-17-14-29-21(23-17)18-6-4-12-28-18/h2-7,12,14,16H,8-11,13H2,1H3,(H,22,25). The van der Waals surface area contributed by atoms with Gasteiger partial charge in [-0.25, -0.2) is 13.4 Å². The quantitative estimate of drug-likeness (QED) is 0.604. The molecule has 30 heavy (non-hydrogen) atoms. The molecule has 1 N–H and O–H groups in total. The molecule has 0 unspecified atom stereocenters. The van der Waals surface area contributed by atoms with Gasteiger partial charge in [0.15, 0.2) is 0 Å². The zero-order valence-corrected chi connectivity index (χ0v) is 19.0. The van der Waals surface area contributed by atoms with Crippen LogP contribution < -0.4 is 5.32 Å². The van der Waals surface area contributed by atoms with Crippen LogP contribution in [0.4, 0.5) is 0 Å². The molecule has 0 spiro atoms. The van der Waals surface area contributed by atoms with E-state index in [9.17, 15) is 13.2 Å². The van der Waals surface area contributed by atoms with Crippen molar-refractivity contribution < 1.29 is 13.2 Å². The predicted molar refractivity (Wildman–Crippen MR) is 120 cm³/mol. The van der Waals surface area contributed by atoms with E-state index in [1.54, 1.807) is 47.8 Å².